The average molecular weight is 137 g/mol. The highest BCUT2D eigenvalue weighted by Gasteiger charge is 1.88. The van der Waals surface area contributed by atoms with Gasteiger partial charge in [-0.25, -0.2) is 4.98 Å². The molecule has 0 aromatic carbocycles. The van der Waals surface area contributed by atoms with Crippen LogP contribution in [0.15, 0.2) is 18.3 Å². The maximum atomic E-state index is 9.91. The lowest BCUT2D eigenvalue weighted by atomic mass is 10.4. The van der Waals surface area contributed by atoms with Gasteiger partial charge in [0.1, 0.15) is 5.82 Å². The first kappa shape index (κ1) is 6.54. The lowest BCUT2D eigenvalue weighted by Crippen LogP contribution is -1.96. The third-order valence-corrected chi connectivity index (χ3v) is 1.01. The van der Waals surface area contributed by atoms with E-state index in [9.17, 15) is 4.79 Å². The Bertz CT molecular complexity index is 236. The molecule has 1 heterocycles. The Balaban J connectivity index is 2.84. The zero-order valence-corrected chi connectivity index (χ0v) is 5.24. The molecule has 1 aromatic heterocycles. The molecule has 1 amide bonds. The molecule has 10 heavy (non-hydrogen) atoms. The van der Waals surface area contributed by atoms with Crippen molar-refractivity contribution >= 4 is 17.9 Å². The van der Waals surface area contributed by atoms with E-state index < -0.39 is 0 Å². The van der Waals surface area contributed by atoms with Gasteiger partial charge in [-0.3, -0.25) is 4.79 Å². The third kappa shape index (κ3) is 1.45. The number of hydrogen-bond donors (Lipinski definition) is 2. The van der Waals surface area contributed by atoms with Crippen LogP contribution in [-0.4, -0.2) is 11.4 Å². The van der Waals surface area contributed by atoms with Crippen molar-refractivity contribution in [2.45, 2.75) is 0 Å². The van der Waals surface area contributed by atoms with Gasteiger partial charge in [0.15, 0.2) is 0 Å². The Hall–Kier alpha value is -1.58. The number of amides is 1. The molecular weight excluding hydrogens is 130 g/mol. The van der Waals surface area contributed by atoms with Gasteiger partial charge in [-0.15, -0.1) is 0 Å². The molecule has 0 saturated carbocycles. The molecule has 1 aromatic rings. The number of carbonyl (C=O) groups excluding carboxylic acids is 1. The molecular formula is C6H7N3O. The summed E-state index contributed by atoms with van der Waals surface area (Å²) in [6.07, 6.45) is 2.12. The van der Waals surface area contributed by atoms with Crippen LogP contribution in [0.4, 0.5) is 11.5 Å². The minimum Gasteiger partial charge on any atom is -0.384 e. The van der Waals surface area contributed by atoms with Crippen molar-refractivity contribution in [3.8, 4) is 0 Å². The van der Waals surface area contributed by atoms with E-state index in [4.69, 9.17) is 5.73 Å². The number of hydrogen-bond acceptors (Lipinski definition) is 3. The van der Waals surface area contributed by atoms with Crippen molar-refractivity contribution in [2.75, 3.05) is 11.1 Å². The molecule has 0 atom stereocenters. The normalized spacial score (nSPS) is 8.80. The van der Waals surface area contributed by atoms with Crippen molar-refractivity contribution in [3.05, 3.63) is 18.3 Å². The Morgan fingerprint density at radius 1 is 1.70 bits per heavy atom. The van der Waals surface area contributed by atoms with E-state index in [0.29, 0.717) is 17.9 Å². The molecule has 0 spiro atoms. The van der Waals surface area contributed by atoms with Gasteiger partial charge in [0.05, 0.1) is 0 Å². The first-order chi connectivity index (χ1) is 4.83. The molecule has 1 rings (SSSR count). The molecule has 0 aliphatic rings. The molecule has 52 valence electrons. The monoisotopic (exact) mass is 137 g/mol. The Labute approximate surface area is 58.1 Å². The van der Waals surface area contributed by atoms with Crippen LogP contribution in [0.2, 0.25) is 0 Å². The number of aromatic nitrogens is 1. The van der Waals surface area contributed by atoms with E-state index in [1.807, 2.05) is 0 Å². The van der Waals surface area contributed by atoms with Crippen molar-refractivity contribution in [1.29, 1.82) is 0 Å². The maximum Gasteiger partial charge on any atom is 0.211 e. The molecule has 4 nitrogen and oxygen atoms in total. The van der Waals surface area contributed by atoms with Crippen LogP contribution in [0.5, 0.6) is 0 Å². The second-order valence-corrected chi connectivity index (χ2v) is 1.73. The maximum absolute atomic E-state index is 9.91. The minimum absolute atomic E-state index is 0.395. The Kier molecular flexibility index (Phi) is 1.84. The van der Waals surface area contributed by atoms with Gasteiger partial charge in [-0.05, 0) is 6.07 Å². The highest BCUT2D eigenvalue weighted by atomic mass is 16.1. The number of nitrogens with zero attached hydrogens (tertiary/aromatic N) is 1. The zero-order chi connectivity index (χ0) is 7.40. The van der Waals surface area contributed by atoms with Gasteiger partial charge < -0.3 is 11.1 Å². The Morgan fingerprint density at radius 3 is 3.10 bits per heavy atom. The van der Waals surface area contributed by atoms with E-state index >= 15 is 0 Å². The molecule has 0 aliphatic carbocycles. The molecule has 4 heteroatoms. The average Bonchev–Trinajstić information content (AvgIpc) is 1.88. The molecule has 0 radical (unpaired) electrons. The summed E-state index contributed by atoms with van der Waals surface area (Å²) in [5.74, 6) is 0.395. The second kappa shape index (κ2) is 2.82. The van der Waals surface area contributed by atoms with Gasteiger partial charge in [0.2, 0.25) is 6.41 Å². The predicted octanol–water partition coefficient (Wildman–Crippen LogP) is 0.232. The number of nitrogen functional groups attached to an aromatic ring is 1. The smallest absolute Gasteiger partial charge is 0.211 e. The van der Waals surface area contributed by atoms with E-state index in [1.165, 1.54) is 6.20 Å². The van der Waals surface area contributed by atoms with Crippen LogP contribution in [0, 0.1) is 0 Å². The standard InChI is InChI=1S/C6H7N3O/c7-6-3-5(9-4-10)1-2-8-6/h1-4H,(H3,7,8,9,10). The summed E-state index contributed by atoms with van der Waals surface area (Å²) < 4.78 is 0. The number of nitrogens with two attached hydrogens (primary N) is 1. The number of rotatable bonds is 2. The second-order valence-electron chi connectivity index (χ2n) is 1.73. The highest BCUT2D eigenvalue weighted by Crippen LogP contribution is 2.06. The van der Waals surface area contributed by atoms with Crippen LogP contribution in [0.3, 0.4) is 0 Å². The predicted molar refractivity (Wildman–Crippen MR) is 38.3 cm³/mol. The van der Waals surface area contributed by atoms with Gasteiger partial charge in [0.25, 0.3) is 0 Å². The number of pyridine rings is 1. The molecule has 0 fully saturated rings. The number of nitrogens with one attached hydrogen (secondary N) is 1. The van der Waals surface area contributed by atoms with Crippen LogP contribution in [-0.2, 0) is 4.79 Å². The first-order valence-corrected chi connectivity index (χ1v) is 2.74. The summed E-state index contributed by atoms with van der Waals surface area (Å²) in [4.78, 5) is 13.7. The van der Waals surface area contributed by atoms with Crippen LogP contribution in [0.1, 0.15) is 0 Å². The van der Waals surface area contributed by atoms with Crippen molar-refractivity contribution in [2.24, 2.45) is 0 Å². The highest BCUT2D eigenvalue weighted by molar-refractivity contribution is 5.71. The van der Waals surface area contributed by atoms with Crippen molar-refractivity contribution in [1.82, 2.24) is 4.98 Å². The summed E-state index contributed by atoms with van der Waals surface area (Å²) in [5, 5.41) is 2.45. The molecule has 0 aliphatic heterocycles. The van der Waals surface area contributed by atoms with Gasteiger partial charge in [0, 0.05) is 18.0 Å². The van der Waals surface area contributed by atoms with E-state index in [-0.39, 0.29) is 0 Å². The number of carbonyl (C=O) groups is 1. The Morgan fingerprint density at radius 2 is 2.50 bits per heavy atom. The van der Waals surface area contributed by atoms with Crippen molar-refractivity contribution < 1.29 is 4.79 Å². The summed E-state index contributed by atoms with van der Waals surface area (Å²) in [6, 6.07) is 3.24. The summed E-state index contributed by atoms with van der Waals surface area (Å²) >= 11 is 0. The molecule has 0 unspecified atom stereocenters. The topological polar surface area (TPSA) is 68.0 Å². The van der Waals surface area contributed by atoms with Crippen molar-refractivity contribution in [3.63, 3.8) is 0 Å². The quantitative estimate of drug-likeness (QED) is 0.573. The fourth-order valence-electron chi connectivity index (χ4n) is 0.606. The first-order valence-electron chi connectivity index (χ1n) is 2.74. The van der Waals surface area contributed by atoms with Gasteiger partial charge in [-0.2, -0.15) is 0 Å². The van der Waals surface area contributed by atoms with Crippen LogP contribution in [0.25, 0.3) is 0 Å². The largest absolute Gasteiger partial charge is 0.384 e. The molecule has 0 bridgehead atoms. The fourth-order valence-corrected chi connectivity index (χ4v) is 0.606. The SMILES string of the molecule is Nc1cc(NC=O)ccn1. The van der Waals surface area contributed by atoms with E-state index in [2.05, 4.69) is 10.3 Å². The summed E-state index contributed by atoms with van der Waals surface area (Å²) in [6.45, 7) is 0. The van der Waals surface area contributed by atoms with Crippen LogP contribution < -0.4 is 11.1 Å². The van der Waals surface area contributed by atoms with E-state index in [0.717, 1.165) is 0 Å². The summed E-state index contributed by atoms with van der Waals surface area (Å²) in [7, 11) is 0. The number of anilines is 2. The summed E-state index contributed by atoms with van der Waals surface area (Å²) in [5.41, 5.74) is 5.98. The molecule has 3 N–H and O–H groups in total. The third-order valence-electron chi connectivity index (χ3n) is 1.01. The fraction of sp³-hybridized carbons (Fsp3) is 0. The van der Waals surface area contributed by atoms with Crippen LogP contribution >= 0.6 is 0 Å². The molecule has 0 saturated heterocycles. The minimum atomic E-state index is 0.395. The lowest BCUT2D eigenvalue weighted by Gasteiger charge is -1.96. The van der Waals surface area contributed by atoms with E-state index in [1.54, 1.807) is 12.1 Å². The lowest BCUT2D eigenvalue weighted by molar-refractivity contribution is -0.105. The zero-order valence-electron chi connectivity index (χ0n) is 5.24. The van der Waals surface area contributed by atoms with Gasteiger partial charge >= 0.3 is 0 Å². The van der Waals surface area contributed by atoms with Gasteiger partial charge in [-0.1, -0.05) is 0 Å².